The third kappa shape index (κ3) is 2.04. The third-order valence-corrected chi connectivity index (χ3v) is 3.76. The molecule has 3 rings (SSSR count). The highest BCUT2D eigenvalue weighted by Gasteiger charge is 2.22. The number of rotatable bonds is 3. The van der Waals surface area contributed by atoms with Crippen LogP contribution in [0.4, 0.5) is 0 Å². The largest absolute Gasteiger partial charge is 0.392 e. The van der Waals surface area contributed by atoms with Crippen LogP contribution < -0.4 is 0 Å². The minimum Gasteiger partial charge on any atom is -0.392 e. The van der Waals surface area contributed by atoms with Gasteiger partial charge in [0, 0.05) is 18.3 Å². The Balaban J connectivity index is 1.92. The van der Waals surface area contributed by atoms with Crippen LogP contribution in [0.25, 0.3) is 10.9 Å². The minimum atomic E-state index is 0.0866. The van der Waals surface area contributed by atoms with Gasteiger partial charge in [0.2, 0.25) is 0 Å². The van der Waals surface area contributed by atoms with Gasteiger partial charge in [0.15, 0.2) is 0 Å². The Labute approximate surface area is 107 Å². The molecule has 1 aliphatic heterocycles. The number of aliphatic hydroxyl groups excluding tert-OH is 1. The quantitative estimate of drug-likeness (QED) is 0.902. The van der Waals surface area contributed by atoms with Gasteiger partial charge < -0.3 is 14.4 Å². The summed E-state index contributed by atoms with van der Waals surface area (Å²) >= 11 is 0. The number of nitrogens with zero attached hydrogens (tertiary/aromatic N) is 1. The SMILES string of the molecule is CC1CCC(Cn2ccc3cccc(CO)c32)O1. The molecule has 0 bridgehead atoms. The summed E-state index contributed by atoms with van der Waals surface area (Å²) in [7, 11) is 0. The number of benzene rings is 1. The first-order valence-corrected chi connectivity index (χ1v) is 6.61. The zero-order valence-corrected chi connectivity index (χ0v) is 10.7. The first-order valence-electron chi connectivity index (χ1n) is 6.61. The van der Waals surface area contributed by atoms with Crippen molar-refractivity contribution in [3.63, 3.8) is 0 Å². The van der Waals surface area contributed by atoms with E-state index in [1.165, 1.54) is 5.39 Å². The first kappa shape index (κ1) is 11.8. The first-order chi connectivity index (χ1) is 8.78. The van der Waals surface area contributed by atoms with Gasteiger partial charge in [0.25, 0.3) is 0 Å². The van der Waals surface area contributed by atoms with Gasteiger partial charge in [-0.1, -0.05) is 18.2 Å². The molecule has 3 heteroatoms. The number of aromatic nitrogens is 1. The number of hydrogen-bond acceptors (Lipinski definition) is 2. The fourth-order valence-corrected chi connectivity index (χ4v) is 2.86. The van der Waals surface area contributed by atoms with E-state index in [-0.39, 0.29) is 6.61 Å². The lowest BCUT2D eigenvalue weighted by Gasteiger charge is -2.14. The van der Waals surface area contributed by atoms with Gasteiger partial charge in [-0.15, -0.1) is 0 Å². The zero-order valence-electron chi connectivity index (χ0n) is 10.7. The monoisotopic (exact) mass is 245 g/mol. The predicted octanol–water partition coefficient (Wildman–Crippen LogP) is 2.70. The summed E-state index contributed by atoms with van der Waals surface area (Å²) in [5.74, 6) is 0. The van der Waals surface area contributed by atoms with Crippen LogP contribution in [0.2, 0.25) is 0 Å². The summed E-state index contributed by atoms with van der Waals surface area (Å²) in [5.41, 5.74) is 2.13. The molecule has 1 aromatic heterocycles. The number of hydrogen-bond donors (Lipinski definition) is 1. The molecular formula is C15H19NO2. The molecule has 18 heavy (non-hydrogen) atoms. The molecule has 0 saturated carbocycles. The van der Waals surface area contributed by atoms with Crippen molar-refractivity contribution in [2.45, 2.75) is 45.1 Å². The fraction of sp³-hybridized carbons (Fsp3) is 0.467. The van der Waals surface area contributed by atoms with Crippen LogP contribution in [0, 0.1) is 0 Å². The van der Waals surface area contributed by atoms with Crippen molar-refractivity contribution < 1.29 is 9.84 Å². The summed E-state index contributed by atoms with van der Waals surface area (Å²) in [4.78, 5) is 0. The van der Waals surface area contributed by atoms with Crippen LogP contribution in [0.15, 0.2) is 30.5 Å². The smallest absolute Gasteiger partial charge is 0.0758 e. The number of ether oxygens (including phenoxy) is 1. The topological polar surface area (TPSA) is 34.4 Å². The molecule has 1 aromatic carbocycles. The average Bonchev–Trinajstić information content (AvgIpc) is 2.97. The molecule has 96 valence electrons. The molecule has 2 unspecified atom stereocenters. The molecule has 2 heterocycles. The van der Waals surface area contributed by atoms with Crippen LogP contribution in [-0.4, -0.2) is 21.9 Å². The number of para-hydroxylation sites is 1. The molecule has 0 amide bonds. The Morgan fingerprint density at radius 1 is 1.33 bits per heavy atom. The minimum absolute atomic E-state index is 0.0866. The average molecular weight is 245 g/mol. The maximum atomic E-state index is 9.44. The van der Waals surface area contributed by atoms with Crippen LogP contribution in [0.5, 0.6) is 0 Å². The molecule has 1 aliphatic rings. The summed E-state index contributed by atoms with van der Waals surface area (Å²) in [6.45, 7) is 3.10. The van der Waals surface area contributed by atoms with Gasteiger partial charge in [-0.3, -0.25) is 0 Å². The summed E-state index contributed by atoms with van der Waals surface area (Å²) < 4.78 is 8.09. The number of fused-ring (bicyclic) bond motifs is 1. The number of aliphatic hydroxyl groups is 1. The summed E-state index contributed by atoms with van der Waals surface area (Å²) in [6.07, 6.45) is 5.06. The highest BCUT2D eigenvalue weighted by atomic mass is 16.5. The molecule has 3 nitrogen and oxygen atoms in total. The van der Waals surface area contributed by atoms with Crippen LogP contribution in [-0.2, 0) is 17.9 Å². The normalized spacial score (nSPS) is 23.9. The third-order valence-electron chi connectivity index (χ3n) is 3.76. The van der Waals surface area contributed by atoms with Crippen molar-refractivity contribution in [1.29, 1.82) is 0 Å². The molecule has 2 atom stereocenters. The van der Waals surface area contributed by atoms with Gasteiger partial charge in [0.1, 0.15) is 0 Å². The molecule has 2 aromatic rings. The van der Waals surface area contributed by atoms with Gasteiger partial charge in [-0.05, 0) is 31.2 Å². The van der Waals surface area contributed by atoms with Gasteiger partial charge in [-0.2, -0.15) is 0 Å². The Kier molecular flexibility index (Phi) is 3.10. The van der Waals surface area contributed by atoms with Gasteiger partial charge >= 0.3 is 0 Å². The maximum absolute atomic E-state index is 9.44. The maximum Gasteiger partial charge on any atom is 0.0758 e. The van der Waals surface area contributed by atoms with E-state index < -0.39 is 0 Å². The highest BCUT2D eigenvalue weighted by Crippen LogP contribution is 2.25. The molecular weight excluding hydrogens is 226 g/mol. The molecule has 0 spiro atoms. The van der Waals surface area contributed by atoms with E-state index in [0.29, 0.717) is 12.2 Å². The van der Waals surface area contributed by atoms with E-state index in [1.807, 2.05) is 12.1 Å². The zero-order chi connectivity index (χ0) is 12.5. The Morgan fingerprint density at radius 2 is 2.22 bits per heavy atom. The predicted molar refractivity (Wildman–Crippen MR) is 71.4 cm³/mol. The van der Waals surface area contributed by atoms with Crippen LogP contribution in [0.3, 0.4) is 0 Å². The summed E-state index contributed by atoms with van der Waals surface area (Å²) in [6, 6.07) is 8.17. The molecule has 1 saturated heterocycles. The second-order valence-electron chi connectivity index (χ2n) is 5.13. The van der Waals surface area contributed by atoms with E-state index in [4.69, 9.17) is 4.74 Å². The Hall–Kier alpha value is -1.32. The van der Waals surface area contributed by atoms with Crippen molar-refractivity contribution in [3.8, 4) is 0 Å². The van der Waals surface area contributed by atoms with E-state index >= 15 is 0 Å². The van der Waals surface area contributed by atoms with Crippen molar-refractivity contribution >= 4 is 10.9 Å². The van der Waals surface area contributed by atoms with E-state index in [0.717, 1.165) is 30.5 Å². The van der Waals surface area contributed by atoms with E-state index in [1.54, 1.807) is 0 Å². The molecule has 0 aliphatic carbocycles. The van der Waals surface area contributed by atoms with Crippen molar-refractivity contribution in [2.75, 3.05) is 0 Å². The van der Waals surface area contributed by atoms with Crippen molar-refractivity contribution in [1.82, 2.24) is 4.57 Å². The van der Waals surface area contributed by atoms with Gasteiger partial charge in [0.05, 0.1) is 24.3 Å². The molecule has 1 N–H and O–H groups in total. The van der Waals surface area contributed by atoms with E-state index in [2.05, 4.69) is 29.8 Å². The summed E-state index contributed by atoms with van der Waals surface area (Å²) in [5, 5.41) is 10.6. The van der Waals surface area contributed by atoms with Crippen LogP contribution in [0.1, 0.15) is 25.3 Å². The van der Waals surface area contributed by atoms with E-state index in [9.17, 15) is 5.11 Å². The fourth-order valence-electron chi connectivity index (χ4n) is 2.86. The lowest BCUT2D eigenvalue weighted by atomic mass is 10.1. The van der Waals surface area contributed by atoms with Gasteiger partial charge in [-0.25, -0.2) is 0 Å². The van der Waals surface area contributed by atoms with Crippen LogP contribution >= 0.6 is 0 Å². The van der Waals surface area contributed by atoms with Crippen molar-refractivity contribution in [2.24, 2.45) is 0 Å². The van der Waals surface area contributed by atoms with Crippen molar-refractivity contribution in [3.05, 3.63) is 36.0 Å². The lowest BCUT2D eigenvalue weighted by molar-refractivity contribution is 0.0465. The lowest BCUT2D eigenvalue weighted by Crippen LogP contribution is -2.16. The second-order valence-corrected chi connectivity index (χ2v) is 5.13. The molecule has 1 fully saturated rings. The standard InChI is InChI=1S/C15H19NO2/c1-11-5-6-14(18-11)9-16-8-7-12-3-2-4-13(10-17)15(12)16/h2-4,7-8,11,14,17H,5-6,9-10H2,1H3. The second kappa shape index (κ2) is 4.75. The Morgan fingerprint density at radius 3 is 2.94 bits per heavy atom. The highest BCUT2D eigenvalue weighted by molar-refractivity contribution is 5.83. The Bertz CT molecular complexity index is 546. The molecule has 0 radical (unpaired) electrons.